The molecule has 0 spiro atoms. The molecular weight excluding hydrogens is 421 g/mol. The Balaban J connectivity index is 1.57. The summed E-state index contributed by atoms with van der Waals surface area (Å²) < 4.78 is 21.0. The Bertz CT molecular complexity index is 1530. The second-order valence-corrected chi connectivity index (χ2v) is 7.82. The number of methoxy groups -OCH3 is 1. The van der Waals surface area contributed by atoms with Crippen LogP contribution in [0, 0.1) is 12.7 Å². The Kier molecular flexibility index (Phi) is 5.05. The van der Waals surface area contributed by atoms with Crippen LogP contribution < -0.4 is 0 Å². The largest absolute Gasteiger partial charge is 0.465 e. The third-order valence-electron chi connectivity index (χ3n) is 5.81. The van der Waals surface area contributed by atoms with Gasteiger partial charge in [-0.05, 0) is 55.3 Å². The van der Waals surface area contributed by atoms with Gasteiger partial charge in [0.1, 0.15) is 5.82 Å². The fourth-order valence-corrected chi connectivity index (χ4v) is 4.02. The van der Waals surface area contributed by atoms with E-state index in [-0.39, 0.29) is 11.6 Å². The van der Waals surface area contributed by atoms with Crippen LogP contribution in [0.15, 0.2) is 61.2 Å². The maximum atomic E-state index is 14.5. The lowest BCUT2D eigenvalue weighted by Crippen LogP contribution is -2.09. The normalized spacial score (nSPS) is 12.2. The van der Waals surface area contributed by atoms with Crippen LogP contribution in [0.4, 0.5) is 4.39 Å². The number of benzene rings is 2. The lowest BCUT2D eigenvalue weighted by atomic mass is 9.99. The molecule has 0 aliphatic heterocycles. The number of aromatic nitrogens is 5. The van der Waals surface area contributed by atoms with Gasteiger partial charge in [0.2, 0.25) is 0 Å². The van der Waals surface area contributed by atoms with Crippen molar-refractivity contribution in [1.29, 1.82) is 0 Å². The lowest BCUT2D eigenvalue weighted by molar-refractivity contribution is 0.0595. The summed E-state index contributed by atoms with van der Waals surface area (Å²) in [6.45, 7) is 4.13. The van der Waals surface area contributed by atoms with Crippen molar-refractivity contribution in [3.05, 3.63) is 83.7 Å². The number of hydrogen-bond acceptors (Lipinski definition) is 6. The molecule has 3 aromatic heterocycles. The first-order valence-corrected chi connectivity index (χ1v) is 10.4. The minimum absolute atomic E-state index is 0.0670. The molecular formula is C25H20FN5O2. The summed E-state index contributed by atoms with van der Waals surface area (Å²) >= 11 is 0. The molecule has 1 unspecified atom stereocenters. The summed E-state index contributed by atoms with van der Waals surface area (Å²) in [5.74, 6) is -1.41. The number of imidazole rings is 1. The third kappa shape index (κ3) is 3.59. The van der Waals surface area contributed by atoms with Crippen molar-refractivity contribution < 1.29 is 13.9 Å². The Labute approximate surface area is 188 Å². The van der Waals surface area contributed by atoms with Crippen molar-refractivity contribution in [2.75, 3.05) is 7.11 Å². The van der Waals surface area contributed by atoms with E-state index < -0.39 is 11.8 Å². The number of ether oxygens (including phenoxy) is 1. The number of rotatable bonds is 4. The first-order chi connectivity index (χ1) is 16.0. The van der Waals surface area contributed by atoms with Gasteiger partial charge >= 0.3 is 5.97 Å². The maximum absolute atomic E-state index is 14.5. The Morgan fingerprint density at radius 1 is 1.12 bits per heavy atom. The number of nitrogens with zero attached hydrogens (tertiary/aromatic N) is 5. The number of carbonyl (C=O) groups is 1. The molecule has 0 radical (unpaired) electrons. The highest BCUT2D eigenvalue weighted by Gasteiger charge is 2.18. The molecule has 0 aliphatic carbocycles. The van der Waals surface area contributed by atoms with E-state index in [2.05, 4.69) is 45.7 Å². The zero-order chi connectivity index (χ0) is 23.1. The van der Waals surface area contributed by atoms with Gasteiger partial charge < -0.3 is 9.30 Å². The van der Waals surface area contributed by atoms with Gasteiger partial charge in [-0.25, -0.2) is 24.1 Å². The Morgan fingerprint density at radius 3 is 2.76 bits per heavy atom. The van der Waals surface area contributed by atoms with E-state index in [1.165, 1.54) is 19.2 Å². The van der Waals surface area contributed by atoms with Crippen LogP contribution in [0.1, 0.15) is 34.5 Å². The molecule has 7 nitrogen and oxygen atoms in total. The molecule has 0 fully saturated rings. The van der Waals surface area contributed by atoms with Crippen LogP contribution in [-0.4, -0.2) is 37.6 Å². The molecule has 5 rings (SSSR count). The van der Waals surface area contributed by atoms with Crippen LogP contribution in [0.5, 0.6) is 0 Å². The van der Waals surface area contributed by atoms with Crippen molar-refractivity contribution in [2.45, 2.75) is 19.9 Å². The van der Waals surface area contributed by atoms with E-state index in [1.807, 2.05) is 16.7 Å². The quantitative estimate of drug-likeness (QED) is 0.370. The molecule has 8 heteroatoms. The number of carbonyl (C=O) groups excluding carboxylic acids is 1. The number of aryl methyl sites for hydroxylation is 1. The van der Waals surface area contributed by atoms with Crippen LogP contribution in [-0.2, 0) is 4.74 Å². The highest BCUT2D eigenvalue weighted by Crippen LogP contribution is 2.29. The van der Waals surface area contributed by atoms with Crippen molar-refractivity contribution in [3.8, 4) is 11.3 Å². The zero-order valence-corrected chi connectivity index (χ0v) is 18.3. The highest BCUT2D eigenvalue weighted by atomic mass is 19.1. The number of fused-ring (bicyclic) bond motifs is 2. The van der Waals surface area contributed by atoms with Gasteiger partial charge in [-0.2, -0.15) is 0 Å². The van der Waals surface area contributed by atoms with Crippen LogP contribution >= 0.6 is 0 Å². The number of esters is 1. The van der Waals surface area contributed by atoms with Crippen LogP contribution in [0.25, 0.3) is 33.5 Å². The van der Waals surface area contributed by atoms with E-state index in [9.17, 15) is 9.18 Å². The summed E-state index contributed by atoms with van der Waals surface area (Å²) in [5.41, 5.74) is 5.11. The van der Waals surface area contributed by atoms with Crippen molar-refractivity contribution in [1.82, 2.24) is 24.5 Å². The fourth-order valence-electron chi connectivity index (χ4n) is 4.02. The second kappa shape index (κ2) is 8.05. The molecule has 0 aliphatic rings. The monoisotopic (exact) mass is 441 g/mol. The topological polar surface area (TPSA) is 82.8 Å². The van der Waals surface area contributed by atoms with Gasteiger partial charge in [0, 0.05) is 17.1 Å². The first kappa shape index (κ1) is 20.7. The molecule has 164 valence electrons. The molecule has 0 bridgehead atoms. The molecule has 2 aromatic carbocycles. The molecule has 0 saturated carbocycles. The molecule has 0 N–H and O–H groups in total. The predicted octanol–water partition coefficient (Wildman–Crippen LogP) is 4.88. The standard InChI is InChI=1S/C25H20FN5O2/c1-14-9-21-16(5-4-8-27-21)10-19(14)15(2)31-13-29-23-24(31)30-22(12-28-23)17-6-7-18(20(26)11-17)25(32)33-3/h4-13,15H,1-3H3. The predicted molar refractivity (Wildman–Crippen MR) is 122 cm³/mol. The molecule has 3 heterocycles. The van der Waals surface area contributed by atoms with Gasteiger partial charge in [-0.1, -0.05) is 12.1 Å². The number of halogens is 1. The van der Waals surface area contributed by atoms with Gasteiger partial charge in [0.15, 0.2) is 11.3 Å². The molecule has 1 atom stereocenters. The zero-order valence-electron chi connectivity index (χ0n) is 18.3. The maximum Gasteiger partial charge on any atom is 0.340 e. The minimum Gasteiger partial charge on any atom is -0.465 e. The molecule has 33 heavy (non-hydrogen) atoms. The van der Waals surface area contributed by atoms with E-state index in [4.69, 9.17) is 4.98 Å². The van der Waals surface area contributed by atoms with E-state index in [1.54, 1.807) is 24.8 Å². The summed E-state index contributed by atoms with van der Waals surface area (Å²) in [6, 6.07) is 12.4. The van der Waals surface area contributed by atoms with Gasteiger partial charge in [-0.3, -0.25) is 4.98 Å². The lowest BCUT2D eigenvalue weighted by Gasteiger charge is -2.18. The van der Waals surface area contributed by atoms with Crippen molar-refractivity contribution in [2.24, 2.45) is 0 Å². The molecule has 0 saturated heterocycles. The average molecular weight is 441 g/mol. The Hall–Kier alpha value is -4.20. The summed E-state index contributed by atoms with van der Waals surface area (Å²) in [4.78, 5) is 29.6. The van der Waals surface area contributed by atoms with Crippen LogP contribution in [0.2, 0.25) is 0 Å². The van der Waals surface area contributed by atoms with Gasteiger partial charge in [0.25, 0.3) is 0 Å². The van der Waals surface area contributed by atoms with E-state index in [0.29, 0.717) is 22.6 Å². The van der Waals surface area contributed by atoms with Gasteiger partial charge in [0.05, 0.1) is 42.4 Å². The van der Waals surface area contributed by atoms with Crippen molar-refractivity contribution in [3.63, 3.8) is 0 Å². The van der Waals surface area contributed by atoms with Gasteiger partial charge in [-0.15, -0.1) is 0 Å². The van der Waals surface area contributed by atoms with Crippen LogP contribution in [0.3, 0.4) is 0 Å². The third-order valence-corrected chi connectivity index (χ3v) is 5.81. The second-order valence-electron chi connectivity index (χ2n) is 7.82. The number of hydrogen-bond donors (Lipinski definition) is 0. The Morgan fingerprint density at radius 2 is 1.97 bits per heavy atom. The summed E-state index contributed by atoms with van der Waals surface area (Å²) in [7, 11) is 1.21. The summed E-state index contributed by atoms with van der Waals surface area (Å²) in [5, 5.41) is 1.06. The number of pyridine rings is 1. The van der Waals surface area contributed by atoms with E-state index >= 15 is 0 Å². The average Bonchev–Trinajstić information content (AvgIpc) is 3.26. The minimum atomic E-state index is -0.728. The SMILES string of the molecule is COC(=O)c1ccc(-c2cnc3ncn(C(C)c4cc5cccnc5cc4C)c3n2)cc1F. The highest BCUT2D eigenvalue weighted by molar-refractivity contribution is 5.90. The smallest absolute Gasteiger partial charge is 0.340 e. The first-order valence-electron chi connectivity index (χ1n) is 10.4. The molecule has 0 amide bonds. The molecule has 5 aromatic rings. The summed E-state index contributed by atoms with van der Waals surface area (Å²) in [6.07, 6.45) is 5.04. The fraction of sp³-hybridized carbons (Fsp3) is 0.160. The van der Waals surface area contributed by atoms with E-state index in [0.717, 1.165) is 22.0 Å². The van der Waals surface area contributed by atoms with Crippen molar-refractivity contribution >= 4 is 28.2 Å².